The van der Waals surface area contributed by atoms with Gasteiger partial charge in [-0.2, -0.15) is 5.06 Å². The largest absolute Gasteiger partial charge is 0.377 e. The molecule has 2 aliphatic carbocycles. The van der Waals surface area contributed by atoms with Gasteiger partial charge in [0, 0.05) is 30.6 Å². The first-order valence-electron chi connectivity index (χ1n) is 18.2. The highest BCUT2D eigenvalue weighted by molar-refractivity contribution is 5.99. The van der Waals surface area contributed by atoms with Gasteiger partial charge in [-0.3, -0.25) is 24.0 Å². The van der Waals surface area contributed by atoms with Gasteiger partial charge in [-0.05, 0) is 81.2 Å². The molecule has 4 aliphatic rings. The molecule has 2 aromatic carbocycles. The van der Waals surface area contributed by atoms with Crippen molar-refractivity contribution in [1.29, 1.82) is 0 Å². The summed E-state index contributed by atoms with van der Waals surface area (Å²) in [7, 11) is 0. The van der Waals surface area contributed by atoms with Crippen molar-refractivity contribution in [3.63, 3.8) is 0 Å². The Morgan fingerprint density at radius 3 is 2.20 bits per heavy atom. The van der Waals surface area contributed by atoms with E-state index in [1.807, 2.05) is 42.4 Å². The third-order valence-corrected chi connectivity index (χ3v) is 10.0. The predicted molar refractivity (Wildman–Crippen MR) is 190 cm³/mol. The minimum absolute atomic E-state index is 0.00166. The minimum Gasteiger partial charge on any atom is -0.377 e. The first-order chi connectivity index (χ1) is 24.7. The Labute approximate surface area is 297 Å². The number of rotatable bonds is 13. The standard InChI is InChI=1S/C38H47N7O6/c1-23(40-35(46)28-9-10-28)21-51-45-17-3-4-32(45)34-39-20-31(43-34)27-7-5-25(6-8-27)26-13-15-30(16-14-26)42-37(48)33-22-50-19-18-44(33)38(49)24(2)41-36(47)29-11-12-29/h5-8,13-16,20,23-24,28-29,32-33H,3-4,9-12,17-19,21-22H2,1-2H3,(H,39,43)(H,40,46)(H,41,47)(H,42,48)/t23-,24-,32+,33+/m1/s1. The number of morpholine rings is 1. The van der Waals surface area contributed by atoms with Crippen LogP contribution in [0.5, 0.6) is 0 Å². The molecule has 3 aromatic rings. The number of nitrogens with one attached hydrogen (secondary N) is 4. The summed E-state index contributed by atoms with van der Waals surface area (Å²) in [5.41, 5.74) is 4.56. The van der Waals surface area contributed by atoms with E-state index >= 15 is 0 Å². The van der Waals surface area contributed by atoms with Crippen molar-refractivity contribution in [2.75, 3.05) is 38.2 Å². The molecule has 7 rings (SSSR count). The number of ether oxygens (including phenoxy) is 1. The van der Waals surface area contributed by atoms with Gasteiger partial charge >= 0.3 is 0 Å². The van der Waals surface area contributed by atoms with Gasteiger partial charge in [0.05, 0.1) is 43.8 Å². The monoisotopic (exact) mass is 697 g/mol. The lowest BCUT2D eigenvalue weighted by Gasteiger charge is -2.36. The molecule has 1 aromatic heterocycles. The second-order valence-corrected chi connectivity index (χ2v) is 14.2. The van der Waals surface area contributed by atoms with Crippen molar-refractivity contribution >= 4 is 29.3 Å². The van der Waals surface area contributed by atoms with E-state index in [2.05, 4.69) is 45.2 Å². The average Bonchev–Trinajstić information content (AvgIpc) is 4.08. The molecule has 0 radical (unpaired) electrons. The van der Waals surface area contributed by atoms with Gasteiger partial charge in [0.2, 0.25) is 23.6 Å². The Kier molecular flexibility index (Phi) is 10.5. The summed E-state index contributed by atoms with van der Waals surface area (Å²) >= 11 is 0. The number of amides is 4. The molecule has 4 amide bonds. The molecule has 2 saturated heterocycles. The normalized spacial score (nSPS) is 21.9. The molecular weight excluding hydrogens is 650 g/mol. The number of nitrogens with zero attached hydrogens (tertiary/aromatic N) is 3. The van der Waals surface area contributed by atoms with E-state index in [-0.39, 0.29) is 60.7 Å². The number of benzene rings is 2. The summed E-state index contributed by atoms with van der Waals surface area (Å²) in [6.45, 7) is 5.58. The maximum Gasteiger partial charge on any atom is 0.249 e. The first kappa shape index (κ1) is 34.8. The highest BCUT2D eigenvalue weighted by Crippen LogP contribution is 2.33. The summed E-state index contributed by atoms with van der Waals surface area (Å²) < 4.78 is 5.55. The molecule has 13 nitrogen and oxygen atoms in total. The van der Waals surface area contributed by atoms with E-state index in [9.17, 15) is 19.2 Å². The predicted octanol–water partition coefficient (Wildman–Crippen LogP) is 3.81. The molecule has 4 atom stereocenters. The lowest BCUT2D eigenvalue weighted by Crippen LogP contribution is -2.58. The van der Waals surface area contributed by atoms with Crippen LogP contribution in [-0.4, -0.2) is 94.6 Å². The van der Waals surface area contributed by atoms with Crippen LogP contribution in [0.1, 0.15) is 64.2 Å². The van der Waals surface area contributed by atoms with E-state index in [4.69, 9.17) is 14.6 Å². The van der Waals surface area contributed by atoms with Crippen LogP contribution in [0.3, 0.4) is 0 Å². The Balaban J connectivity index is 0.923. The van der Waals surface area contributed by atoms with Crippen LogP contribution in [0, 0.1) is 11.8 Å². The SMILES string of the molecule is C[C@H](CON1CCC[C@H]1c1ncc(-c2ccc(-c3ccc(NC(=O)[C@@H]4COCCN4C(=O)[C@@H](C)NC(=O)C4CC4)cc3)cc2)[nH]1)NC(=O)C1CC1. The Morgan fingerprint density at radius 1 is 0.863 bits per heavy atom. The molecule has 3 heterocycles. The number of imidazole rings is 1. The molecule has 4 fully saturated rings. The lowest BCUT2D eigenvalue weighted by molar-refractivity contribution is -0.176. The smallest absolute Gasteiger partial charge is 0.249 e. The topological polar surface area (TPSA) is 158 Å². The van der Waals surface area contributed by atoms with Crippen molar-refractivity contribution in [3.8, 4) is 22.4 Å². The van der Waals surface area contributed by atoms with E-state index in [0.29, 0.717) is 18.9 Å². The average molecular weight is 698 g/mol. The van der Waals surface area contributed by atoms with Crippen LogP contribution in [0.4, 0.5) is 5.69 Å². The van der Waals surface area contributed by atoms with Crippen LogP contribution >= 0.6 is 0 Å². The molecule has 0 unspecified atom stereocenters. The number of hydrogen-bond acceptors (Lipinski definition) is 8. The minimum atomic E-state index is -0.791. The fourth-order valence-corrected chi connectivity index (χ4v) is 6.66. The van der Waals surface area contributed by atoms with E-state index in [1.165, 1.54) is 4.90 Å². The number of H-pyrrole nitrogens is 1. The van der Waals surface area contributed by atoms with Gasteiger partial charge in [0.25, 0.3) is 0 Å². The van der Waals surface area contributed by atoms with Crippen LogP contribution in [0.15, 0.2) is 54.7 Å². The second-order valence-electron chi connectivity index (χ2n) is 14.2. The van der Waals surface area contributed by atoms with Gasteiger partial charge < -0.3 is 30.6 Å². The van der Waals surface area contributed by atoms with Gasteiger partial charge in [0.15, 0.2) is 0 Å². The number of carbonyl (C=O) groups is 4. The van der Waals surface area contributed by atoms with Crippen molar-refractivity contribution in [2.24, 2.45) is 11.8 Å². The zero-order valence-corrected chi connectivity index (χ0v) is 29.2. The molecule has 0 bridgehead atoms. The molecule has 2 aliphatic heterocycles. The second kappa shape index (κ2) is 15.3. The fraction of sp³-hybridized carbons (Fsp3) is 0.500. The highest BCUT2D eigenvalue weighted by Gasteiger charge is 2.37. The third kappa shape index (κ3) is 8.49. The summed E-state index contributed by atoms with van der Waals surface area (Å²) in [6, 6.07) is 14.3. The van der Waals surface area contributed by atoms with Crippen LogP contribution in [0.2, 0.25) is 0 Å². The lowest BCUT2D eigenvalue weighted by atomic mass is 10.0. The first-order valence-corrected chi connectivity index (χ1v) is 18.2. The van der Waals surface area contributed by atoms with E-state index in [1.54, 1.807) is 6.92 Å². The van der Waals surface area contributed by atoms with Gasteiger partial charge in [-0.15, -0.1) is 0 Å². The van der Waals surface area contributed by atoms with Gasteiger partial charge in [-0.1, -0.05) is 36.4 Å². The van der Waals surface area contributed by atoms with Crippen LogP contribution < -0.4 is 16.0 Å². The molecule has 0 spiro atoms. The van der Waals surface area contributed by atoms with Crippen LogP contribution in [0.25, 0.3) is 22.4 Å². The summed E-state index contributed by atoms with van der Waals surface area (Å²) in [4.78, 5) is 66.5. The van der Waals surface area contributed by atoms with Gasteiger partial charge in [-0.25, -0.2) is 4.98 Å². The third-order valence-electron chi connectivity index (χ3n) is 10.0. The fourth-order valence-electron chi connectivity index (χ4n) is 6.66. The van der Waals surface area contributed by atoms with Crippen molar-refractivity contribution < 1.29 is 28.8 Å². The Bertz CT molecular complexity index is 1720. The van der Waals surface area contributed by atoms with Crippen molar-refractivity contribution in [3.05, 3.63) is 60.6 Å². The van der Waals surface area contributed by atoms with Crippen molar-refractivity contribution in [2.45, 2.75) is 76.5 Å². The molecule has 13 heteroatoms. The molecule has 2 saturated carbocycles. The number of hydroxylamine groups is 2. The Hall–Kier alpha value is -4.59. The summed E-state index contributed by atoms with van der Waals surface area (Å²) in [5.74, 6) is 0.442. The zero-order chi connectivity index (χ0) is 35.5. The number of aromatic nitrogens is 2. The quantitative estimate of drug-likeness (QED) is 0.210. The number of aromatic amines is 1. The Morgan fingerprint density at radius 2 is 1.51 bits per heavy atom. The maximum absolute atomic E-state index is 13.3. The number of carbonyl (C=O) groups excluding carboxylic acids is 4. The molecule has 4 N–H and O–H groups in total. The zero-order valence-electron chi connectivity index (χ0n) is 29.2. The molecule has 270 valence electrons. The van der Waals surface area contributed by atoms with E-state index in [0.717, 1.165) is 73.3 Å². The van der Waals surface area contributed by atoms with Crippen LogP contribution in [-0.2, 0) is 28.8 Å². The maximum atomic E-state index is 13.3. The molecular formula is C38H47N7O6. The van der Waals surface area contributed by atoms with Crippen molar-refractivity contribution in [1.82, 2.24) is 30.6 Å². The highest BCUT2D eigenvalue weighted by atomic mass is 16.7. The van der Waals surface area contributed by atoms with Gasteiger partial charge in [0.1, 0.15) is 17.9 Å². The summed E-state index contributed by atoms with van der Waals surface area (Å²) in [5, 5.41) is 10.7. The summed E-state index contributed by atoms with van der Waals surface area (Å²) in [6.07, 6.45) is 7.48. The number of hydrogen-bond donors (Lipinski definition) is 4. The molecule has 51 heavy (non-hydrogen) atoms. The van der Waals surface area contributed by atoms with E-state index < -0.39 is 12.1 Å². The number of anilines is 1.